The van der Waals surface area contributed by atoms with Crippen molar-refractivity contribution in [3.05, 3.63) is 52.3 Å². The molecule has 122 valence electrons. The summed E-state index contributed by atoms with van der Waals surface area (Å²) < 4.78 is 0. The standard InChI is InChI=1S/C18H22ClN3O/c1-4-5-8-20-18(23)16-7-6-14(11-21-16)22-17-13(3)9-12(2)10-15(17)19/h6-7,9-11,22H,4-5,8H2,1-3H3,(H,20,23). The van der Waals surface area contributed by atoms with Crippen molar-refractivity contribution in [3.8, 4) is 0 Å². The molecule has 23 heavy (non-hydrogen) atoms. The van der Waals surface area contributed by atoms with E-state index in [0.29, 0.717) is 17.3 Å². The fraction of sp³-hybridized carbons (Fsp3) is 0.333. The minimum Gasteiger partial charge on any atom is -0.353 e. The largest absolute Gasteiger partial charge is 0.353 e. The van der Waals surface area contributed by atoms with Gasteiger partial charge in [0.15, 0.2) is 0 Å². The molecule has 0 bridgehead atoms. The third kappa shape index (κ3) is 4.70. The number of amides is 1. The summed E-state index contributed by atoms with van der Waals surface area (Å²) >= 11 is 6.29. The first-order valence-electron chi connectivity index (χ1n) is 7.79. The summed E-state index contributed by atoms with van der Waals surface area (Å²) in [4.78, 5) is 16.1. The summed E-state index contributed by atoms with van der Waals surface area (Å²) in [6.07, 6.45) is 3.66. The summed E-state index contributed by atoms with van der Waals surface area (Å²) in [6.45, 7) is 6.78. The molecule has 0 saturated carbocycles. The molecule has 2 aromatic rings. The average Bonchev–Trinajstić information content (AvgIpc) is 2.51. The summed E-state index contributed by atoms with van der Waals surface area (Å²) in [5, 5.41) is 6.78. The molecule has 0 aliphatic carbocycles. The van der Waals surface area contributed by atoms with E-state index in [2.05, 4.69) is 28.6 Å². The number of hydrogen-bond acceptors (Lipinski definition) is 3. The molecule has 0 atom stereocenters. The summed E-state index contributed by atoms with van der Waals surface area (Å²) in [6, 6.07) is 7.52. The molecule has 0 unspecified atom stereocenters. The van der Waals surface area contributed by atoms with E-state index in [1.165, 1.54) is 0 Å². The number of anilines is 2. The van der Waals surface area contributed by atoms with E-state index in [0.717, 1.165) is 35.3 Å². The monoisotopic (exact) mass is 331 g/mol. The SMILES string of the molecule is CCCCNC(=O)c1ccc(Nc2c(C)cc(C)cc2Cl)cn1. The van der Waals surface area contributed by atoms with E-state index in [4.69, 9.17) is 11.6 Å². The molecule has 1 aromatic heterocycles. The van der Waals surface area contributed by atoms with Crippen LogP contribution in [0.15, 0.2) is 30.5 Å². The van der Waals surface area contributed by atoms with Gasteiger partial charge in [0.2, 0.25) is 0 Å². The molecule has 2 N–H and O–H groups in total. The molecule has 0 aliphatic heterocycles. The molecule has 0 radical (unpaired) electrons. The van der Waals surface area contributed by atoms with Crippen LogP contribution in [0.4, 0.5) is 11.4 Å². The van der Waals surface area contributed by atoms with E-state index < -0.39 is 0 Å². The van der Waals surface area contributed by atoms with E-state index in [1.807, 2.05) is 26.0 Å². The van der Waals surface area contributed by atoms with Crippen LogP contribution in [0.1, 0.15) is 41.4 Å². The Morgan fingerprint density at radius 2 is 2.04 bits per heavy atom. The number of carbonyl (C=O) groups excluding carboxylic acids is 1. The van der Waals surface area contributed by atoms with Crippen LogP contribution < -0.4 is 10.6 Å². The number of aryl methyl sites for hydroxylation is 2. The van der Waals surface area contributed by atoms with Crippen LogP contribution in [0.3, 0.4) is 0 Å². The number of aromatic nitrogens is 1. The van der Waals surface area contributed by atoms with Gasteiger partial charge in [-0.25, -0.2) is 4.98 Å². The van der Waals surface area contributed by atoms with Gasteiger partial charge in [-0.3, -0.25) is 4.79 Å². The van der Waals surface area contributed by atoms with Gasteiger partial charge < -0.3 is 10.6 Å². The van der Waals surface area contributed by atoms with Gasteiger partial charge in [-0.1, -0.05) is 31.0 Å². The number of carbonyl (C=O) groups is 1. The molecule has 0 aliphatic rings. The van der Waals surface area contributed by atoms with Crippen LogP contribution in [0.25, 0.3) is 0 Å². The van der Waals surface area contributed by atoms with E-state index in [9.17, 15) is 4.79 Å². The Bertz CT molecular complexity index is 660. The minimum absolute atomic E-state index is 0.144. The smallest absolute Gasteiger partial charge is 0.269 e. The predicted octanol–water partition coefficient (Wildman–Crippen LogP) is 4.63. The number of benzene rings is 1. The first-order chi connectivity index (χ1) is 11.0. The highest BCUT2D eigenvalue weighted by atomic mass is 35.5. The molecule has 0 fully saturated rings. The van der Waals surface area contributed by atoms with Gasteiger partial charge in [-0.15, -0.1) is 0 Å². The van der Waals surface area contributed by atoms with E-state index in [1.54, 1.807) is 12.3 Å². The fourth-order valence-electron chi connectivity index (χ4n) is 2.29. The topological polar surface area (TPSA) is 54.0 Å². The van der Waals surface area contributed by atoms with Crippen LogP contribution in [0.5, 0.6) is 0 Å². The highest BCUT2D eigenvalue weighted by Crippen LogP contribution is 2.30. The third-order valence-electron chi connectivity index (χ3n) is 3.51. The predicted molar refractivity (Wildman–Crippen MR) is 95.7 cm³/mol. The summed E-state index contributed by atoms with van der Waals surface area (Å²) in [5.41, 5.74) is 4.26. The van der Waals surface area contributed by atoms with Gasteiger partial charge in [0, 0.05) is 6.54 Å². The lowest BCUT2D eigenvalue weighted by Crippen LogP contribution is -2.25. The number of nitrogens with zero attached hydrogens (tertiary/aromatic N) is 1. The summed E-state index contributed by atoms with van der Waals surface area (Å²) in [5.74, 6) is -0.144. The van der Waals surface area contributed by atoms with Gasteiger partial charge in [-0.2, -0.15) is 0 Å². The molecule has 1 amide bonds. The average molecular weight is 332 g/mol. The number of rotatable bonds is 6. The van der Waals surface area contributed by atoms with Crippen molar-refractivity contribution in [1.82, 2.24) is 10.3 Å². The van der Waals surface area contributed by atoms with Crippen molar-refractivity contribution < 1.29 is 4.79 Å². The first kappa shape index (κ1) is 17.3. The van der Waals surface area contributed by atoms with Crippen LogP contribution in [-0.2, 0) is 0 Å². The highest BCUT2D eigenvalue weighted by Gasteiger charge is 2.08. The van der Waals surface area contributed by atoms with Crippen LogP contribution in [0.2, 0.25) is 5.02 Å². The normalized spacial score (nSPS) is 10.4. The van der Waals surface area contributed by atoms with Crippen LogP contribution in [-0.4, -0.2) is 17.4 Å². The molecule has 0 saturated heterocycles. The molecule has 4 nitrogen and oxygen atoms in total. The number of nitrogens with one attached hydrogen (secondary N) is 2. The Morgan fingerprint density at radius 3 is 2.65 bits per heavy atom. The lowest BCUT2D eigenvalue weighted by atomic mass is 10.1. The maximum absolute atomic E-state index is 11.9. The highest BCUT2D eigenvalue weighted by molar-refractivity contribution is 6.33. The van der Waals surface area contributed by atoms with Crippen molar-refractivity contribution in [2.75, 3.05) is 11.9 Å². The van der Waals surface area contributed by atoms with Crippen molar-refractivity contribution in [1.29, 1.82) is 0 Å². The Balaban J connectivity index is 2.07. The quantitative estimate of drug-likeness (QED) is 0.759. The molecular formula is C18H22ClN3O. The van der Waals surface area contributed by atoms with E-state index >= 15 is 0 Å². The van der Waals surface area contributed by atoms with Gasteiger partial charge >= 0.3 is 0 Å². The van der Waals surface area contributed by atoms with Crippen LogP contribution >= 0.6 is 11.6 Å². The lowest BCUT2D eigenvalue weighted by molar-refractivity contribution is 0.0948. The Kier molecular flexibility index (Phi) is 5.99. The van der Waals surface area contributed by atoms with Gasteiger partial charge in [0.25, 0.3) is 5.91 Å². The Labute approximate surface area is 142 Å². The molecule has 2 rings (SSSR count). The molecule has 0 spiro atoms. The second-order valence-corrected chi connectivity index (χ2v) is 6.01. The van der Waals surface area contributed by atoms with Crippen molar-refractivity contribution >= 4 is 28.9 Å². The Hall–Kier alpha value is -2.07. The number of halogens is 1. The zero-order chi connectivity index (χ0) is 16.8. The fourth-order valence-corrected chi connectivity index (χ4v) is 2.66. The van der Waals surface area contributed by atoms with Gasteiger partial charge in [0.05, 0.1) is 22.6 Å². The molecule has 5 heteroatoms. The van der Waals surface area contributed by atoms with Crippen molar-refractivity contribution in [3.63, 3.8) is 0 Å². The van der Waals surface area contributed by atoms with E-state index in [-0.39, 0.29) is 5.91 Å². The zero-order valence-corrected chi connectivity index (χ0v) is 14.5. The zero-order valence-electron chi connectivity index (χ0n) is 13.7. The maximum Gasteiger partial charge on any atom is 0.269 e. The molecular weight excluding hydrogens is 310 g/mol. The molecule has 1 heterocycles. The second kappa shape index (κ2) is 7.97. The number of unbranched alkanes of at least 4 members (excludes halogenated alkanes) is 1. The van der Waals surface area contributed by atoms with Gasteiger partial charge in [0.1, 0.15) is 5.69 Å². The van der Waals surface area contributed by atoms with Crippen molar-refractivity contribution in [2.45, 2.75) is 33.6 Å². The number of pyridine rings is 1. The minimum atomic E-state index is -0.144. The Morgan fingerprint density at radius 1 is 1.26 bits per heavy atom. The number of hydrogen-bond donors (Lipinski definition) is 2. The first-order valence-corrected chi connectivity index (χ1v) is 8.17. The maximum atomic E-state index is 11.9. The lowest BCUT2D eigenvalue weighted by Gasteiger charge is -2.12. The molecule has 1 aromatic carbocycles. The van der Waals surface area contributed by atoms with Crippen molar-refractivity contribution in [2.24, 2.45) is 0 Å². The van der Waals surface area contributed by atoms with Crippen LogP contribution in [0, 0.1) is 13.8 Å². The summed E-state index contributed by atoms with van der Waals surface area (Å²) in [7, 11) is 0. The third-order valence-corrected chi connectivity index (χ3v) is 3.81. The second-order valence-electron chi connectivity index (χ2n) is 5.61. The van der Waals surface area contributed by atoms with Gasteiger partial charge in [-0.05, 0) is 49.6 Å².